The Balaban J connectivity index is 1.26. The van der Waals surface area contributed by atoms with Crippen LogP contribution in [-0.2, 0) is 6.42 Å². The first-order valence-corrected chi connectivity index (χ1v) is 10.7. The highest BCUT2D eigenvalue weighted by Crippen LogP contribution is 2.22. The van der Waals surface area contributed by atoms with Gasteiger partial charge >= 0.3 is 6.03 Å². The number of amides is 3. The lowest BCUT2D eigenvalue weighted by Gasteiger charge is -2.16. The molecular weight excluding hydrogens is 408 g/mol. The van der Waals surface area contributed by atoms with Crippen molar-refractivity contribution < 1.29 is 18.7 Å². The summed E-state index contributed by atoms with van der Waals surface area (Å²) in [6.07, 6.45) is 4.20. The summed E-state index contributed by atoms with van der Waals surface area (Å²) in [4.78, 5) is 31.1. The zero-order valence-corrected chi connectivity index (χ0v) is 18.0. The van der Waals surface area contributed by atoms with Crippen molar-refractivity contribution in [2.24, 2.45) is 0 Å². The van der Waals surface area contributed by atoms with E-state index in [-0.39, 0.29) is 11.9 Å². The van der Waals surface area contributed by atoms with Gasteiger partial charge in [0.25, 0.3) is 5.91 Å². The Kier molecular flexibility index (Phi) is 6.69. The van der Waals surface area contributed by atoms with Gasteiger partial charge in [-0.25, -0.2) is 9.78 Å². The molecule has 8 heteroatoms. The second-order valence-corrected chi connectivity index (χ2v) is 7.58. The molecule has 0 aliphatic carbocycles. The molecule has 1 aliphatic rings. The van der Waals surface area contributed by atoms with E-state index in [0.717, 1.165) is 42.9 Å². The van der Waals surface area contributed by atoms with Crippen LogP contribution in [0.15, 0.2) is 59.2 Å². The first kappa shape index (κ1) is 21.4. The van der Waals surface area contributed by atoms with E-state index in [0.29, 0.717) is 30.1 Å². The maximum absolute atomic E-state index is 12.5. The maximum atomic E-state index is 12.5. The van der Waals surface area contributed by atoms with E-state index < -0.39 is 0 Å². The van der Waals surface area contributed by atoms with Crippen molar-refractivity contribution in [2.45, 2.75) is 19.3 Å². The van der Waals surface area contributed by atoms with Gasteiger partial charge in [-0.3, -0.25) is 4.79 Å². The summed E-state index contributed by atoms with van der Waals surface area (Å²) in [5.74, 6) is 1.29. The number of urea groups is 1. The lowest BCUT2D eigenvalue weighted by molar-refractivity contribution is 0.0793. The fraction of sp³-hybridized carbons (Fsp3) is 0.292. The Morgan fingerprint density at radius 2 is 1.91 bits per heavy atom. The van der Waals surface area contributed by atoms with Crippen LogP contribution in [0.4, 0.5) is 10.5 Å². The number of rotatable bonds is 7. The Bertz CT molecular complexity index is 1070. The highest BCUT2D eigenvalue weighted by atomic mass is 16.5. The summed E-state index contributed by atoms with van der Waals surface area (Å²) in [5.41, 5.74) is 2.76. The van der Waals surface area contributed by atoms with E-state index in [1.54, 1.807) is 37.6 Å². The van der Waals surface area contributed by atoms with Gasteiger partial charge in [0, 0.05) is 42.9 Å². The molecule has 1 aromatic heterocycles. The van der Waals surface area contributed by atoms with Gasteiger partial charge in [-0.2, -0.15) is 0 Å². The third kappa shape index (κ3) is 5.26. The van der Waals surface area contributed by atoms with Crippen LogP contribution < -0.4 is 15.4 Å². The number of benzene rings is 2. The normalized spacial score (nSPS) is 13.1. The fourth-order valence-electron chi connectivity index (χ4n) is 3.60. The van der Waals surface area contributed by atoms with Crippen LogP contribution in [0, 0.1) is 0 Å². The Morgan fingerprint density at radius 3 is 2.66 bits per heavy atom. The predicted molar refractivity (Wildman–Crippen MR) is 121 cm³/mol. The average Bonchev–Trinajstić information content (AvgIpc) is 3.51. The average molecular weight is 434 g/mol. The molecule has 0 atom stereocenters. The second kappa shape index (κ2) is 10.00. The molecule has 3 aromatic rings. The molecular formula is C24H26N4O4. The van der Waals surface area contributed by atoms with E-state index >= 15 is 0 Å². The predicted octanol–water partition coefficient (Wildman–Crippen LogP) is 3.95. The van der Waals surface area contributed by atoms with Crippen molar-refractivity contribution in [3.05, 3.63) is 66.1 Å². The number of nitrogens with one attached hydrogen (secondary N) is 2. The zero-order valence-electron chi connectivity index (χ0n) is 18.0. The van der Waals surface area contributed by atoms with Crippen LogP contribution in [0.3, 0.4) is 0 Å². The smallest absolute Gasteiger partial charge is 0.319 e. The van der Waals surface area contributed by atoms with E-state index in [9.17, 15) is 9.59 Å². The van der Waals surface area contributed by atoms with Gasteiger partial charge in [0.2, 0.25) is 5.89 Å². The van der Waals surface area contributed by atoms with Gasteiger partial charge in [0.1, 0.15) is 12.0 Å². The number of aromatic nitrogens is 1. The number of nitrogens with zero attached hydrogens (tertiary/aromatic N) is 2. The van der Waals surface area contributed by atoms with Crippen LogP contribution in [0.5, 0.6) is 5.75 Å². The van der Waals surface area contributed by atoms with E-state index in [1.165, 1.54) is 0 Å². The zero-order chi connectivity index (χ0) is 22.3. The molecule has 2 heterocycles. The van der Waals surface area contributed by atoms with Crippen molar-refractivity contribution in [1.82, 2.24) is 15.2 Å². The fourth-order valence-corrected chi connectivity index (χ4v) is 3.60. The number of anilines is 1. The van der Waals surface area contributed by atoms with Crippen molar-refractivity contribution >= 4 is 17.6 Å². The standard InChI is InChI=1S/C24H26N4O4/c1-31-21-9-7-17(8-10-21)22-26-20(16-32-22)11-12-25-24(30)27-19-6-4-5-18(15-19)23(29)28-13-2-3-14-28/h4-10,15-16H,2-3,11-14H2,1H3,(H2,25,27,30). The quantitative estimate of drug-likeness (QED) is 0.587. The summed E-state index contributed by atoms with van der Waals surface area (Å²) < 4.78 is 10.7. The molecule has 2 N–H and O–H groups in total. The summed E-state index contributed by atoms with van der Waals surface area (Å²) in [6, 6.07) is 14.1. The highest BCUT2D eigenvalue weighted by Gasteiger charge is 2.19. The lowest BCUT2D eigenvalue weighted by Crippen LogP contribution is -2.31. The maximum Gasteiger partial charge on any atom is 0.319 e. The molecule has 0 spiro atoms. The number of carbonyl (C=O) groups is 2. The molecule has 0 unspecified atom stereocenters. The number of likely N-dealkylation sites (tertiary alicyclic amines) is 1. The number of carbonyl (C=O) groups excluding carboxylic acids is 2. The first-order valence-electron chi connectivity index (χ1n) is 10.7. The lowest BCUT2D eigenvalue weighted by atomic mass is 10.2. The van der Waals surface area contributed by atoms with Crippen LogP contribution in [0.1, 0.15) is 28.9 Å². The summed E-state index contributed by atoms with van der Waals surface area (Å²) >= 11 is 0. The molecule has 8 nitrogen and oxygen atoms in total. The molecule has 0 saturated carbocycles. The van der Waals surface area contributed by atoms with Gasteiger partial charge in [0.15, 0.2) is 0 Å². The van der Waals surface area contributed by atoms with E-state index in [4.69, 9.17) is 9.15 Å². The highest BCUT2D eigenvalue weighted by molar-refractivity contribution is 5.97. The number of hydrogen-bond donors (Lipinski definition) is 2. The topological polar surface area (TPSA) is 96.7 Å². The molecule has 2 aromatic carbocycles. The largest absolute Gasteiger partial charge is 0.497 e. The van der Waals surface area contributed by atoms with E-state index in [1.807, 2.05) is 29.2 Å². The van der Waals surface area contributed by atoms with Crippen molar-refractivity contribution in [3.8, 4) is 17.2 Å². The molecule has 166 valence electrons. The Hall–Kier alpha value is -3.81. The SMILES string of the molecule is COc1ccc(-c2nc(CCNC(=O)Nc3cccc(C(=O)N4CCCC4)c3)co2)cc1. The minimum absolute atomic E-state index is 0.00487. The molecule has 0 radical (unpaired) electrons. The first-order chi connectivity index (χ1) is 15.6. The molecule has 1 aliphatic heterocycles. The monoisotopic (exact) mass is 434 g/mol. The minimum Gasteiger partial charge on any atom is -0.497 e. The number of ether oxygens (including phenoxy) is 1. The Labute approximate surface area is 186 Å². The van der Waals surface area contributed by atoms with Gasteiger partial charge < -0.3 is 24.7 Å². The summed E-state index contributed by atoms with van der Waals surface area (Å²) in [6.45, 7) is 1.98. The van der Waals surface area contributed by atoms with Crippen molar-refractivity contribution in [2.75, 3.05) is 32.1 Å². The van der Waals surface area contributed by atoms with Crippen LogP contribution in [-0.4, -0.2) is 48.6 Å². The number of oxazole rings is 1. The second-order valence-electron chi connectivity index (χ2n) is 7.58. The molecule has 1 saturated heterocycles. The third-order valence-corrected chi connectivity index (χ3v) is 5.32. The van der Waals surface area contributed by atoms with Crippen LogP contribution in [0.25, 0.3) is 11.5 Å². The minimum atomic E-state index is -0.338. The van der Waals surface area contributed by atoms with Gasteiger partial charge in [0.05, 0.1) is 12.8 Å². The van der Waals surface area contributed by atoms with Crippen molar-refractivity contribution in [3.63, 3.8) is 0 Å². The summed E-state index contributed by atoms with van der Waals surface area (Å²) in [5, 5.41) is 5.58. The Morgan fingerprint density at radius 1 is 1.12 bits per heavy atom. The molecule has 1 fully saturated rings. The van der Waals surface area contributed by atoms with E-state index in [2.05, 4.69) is 15.6 Å². The molecule has 0 bridgehead atoms. The van der Waals surface area contributed by atoms with Crippen molar-refractivity contribution in [1.29, 1.82) is 0 Å². The van der Waals surface area contributed by atoms with Crippen LogP contribution in [0.2, 0.25) is 0 Å². The van der Waals surface area contributed by atoms with Gasteiger partial charge in [-0.15, -0.1) is 0 Å². The van der Waals surface area contributed by atoms with Gasteiger partial charge in [-0.05, 0) is 55.3 Å². The number of hydrogen-bond acceptors (Lipinski definition) is 5. The molecule has 3 amide bonds. The van der Waals surface area contributed by atoms with Crippen LogP contribution >= 0.6 is 0 Å². The molecule has 32 heavy (non-hydrogen) atoms. The third-order valence-electron chi connectivity index (χ3n) is 5.32. The summed E-state index contributed by atoms with van der Waals surface area (Å²) in [7, 11) is 1.62. The number of methoxy groups -OCH3 is 1. The molecule has 4 rings (SSSR count). The van der Waals surface area contributed by atoms with Gasteiger partial charge in [-0.1, -0.05) is 6.07 Å².